The first-order chi connectivity index (χ1) is 8.22. The van der Waals surface area contributed by atoms with Crippen molar-refractivity contribution in [3.05, 3.63) is 41.9 Å². The molecule has 0 unspecified atom stereocenters. The molecule has 1 N–H and O–H groups in total. The number of pyridine rings is 2. The van der Waals surface area contributed by atoms with Crippen molar-refractivity contribution in [1.82, 2.24) is 9.97 Å². The Balaban J connectivity index is 2.55. The van der Waals surface area contributed by atoms with Gasteiger partial charge in [0.25, 0.3) is 0 Å². The highest BCUT2D eigenvalue weighted by Gasteiger charge is 2.10. The van der Waals surface area contributed by atoms with Crippen LogP contribution in [0, 0.1) is 6.92 Å². The number of aromatic nitrogens is 2. The molecule has 0 atom stereocenters. The monoisotopic (exact) mass is 228 g/mol. The maximum absolute atomic E-state index is 9.76. The van der Waals surface area contributed by atoms with Gasteiger partial charge in [-0.15, -0.1) is 0 Å². The van der Waals surface area contributed by atoms with Crippen LogP contribution in [0.3, 0.4) is 0 Å². The molecule has 0 aliphatic carbocycles. The van der Waals surface area contributed by atoms with E-state index in [0.717, 1.165) is 29.8 Å². The van der Waals surface area contributed by atoms with Gasteiger partial charge in [-0.25, -0.2) is 0 Å². The van der Waals surface area contributed by atoms with E-state index in [9.17, 15) is 5.11 Å². The fraction of sp³-hybridized carbons (Fsp3) is 0.286. The molecule has 0 spiro atoms. The van der Waals surface area contributed by atoms with Crippen LogP contribution in [0.4, 0.5) is 0 Å². The lowest BCUT2D eigenvalue weighted by molar-refractivity contribution is 0.467. The molecular weight excluding hydrogens is 212 g/mol. The summed E-state index contributed by atoms with van der Waals surface area (Å²) in [6.45, 7) is 3.93. The van der Waals surface area contributed by atoms with Crippen molar-refractivity contribution < 1.29 is 5.11 Å². The third-order valence-electron chi connectivity index (χ3n) is 2.69. The second-order valence-corrected chi connectivity index (χ2v) is 4.05. The zero-order valence-electron chi connectivity index (χ0n) is 10.1. The largest absolute Gasteiger partial charge is 0.506 e. The quantitative estimate of drug-likeness (QED) is 0.878. The molecule has 2 aromatic rings. The highest BCUT2D eigenvalue weighted by molar-refractivity contribution is 5.64. The molecule has 0 aliphatic heterocycles. The smallest absolute Gasteiger partial charge is 0.137 e. The van der Waals surface area contributed by atoms with Crippen LogP contribution in [0.2, 0.25) is 0 Å². The zero-order valence-corrected chi connectivity index (χ0v) is 10.1. The fourth-order valence-electron chi connectivity index (χ4n) is 1.82. The first-order valence-electron chi connectivity index (χ1n) is 5.83. The van der Waals surface area contributed by atoms with Gasteiger partial charge in [0.05, 0.1) is 17.1 Å². The van der Waals surface area contributed by atoms with E-state index < -0.39 is 0 Å². The summed E-state index contributed by atoms with van der Waals surface area (Å²) in [6, 6.07) is 7.51. The Kier molecular flexibility index (Phi) is 3.38. The summed E-state index contributed by atoms with van der Waals surface area (Å²) in [7, 11) is 0. The summed E-state index contributed by atoms with van der Waals surface area (Å²) in [6.07, 6.45) is 3.67. The van der Waals surface area contributed by atoms with Crippen molar-refractivity contribution in [3.8, 4) is 17.0 Å². The standard InChI is InChI=1S/C14H16N2O/c1-3-6-13-11(9-14(17)10(2)16-13)12-7-4-5-8-15-12/h4-5,7-9,17H,3,6H2,1-2H3. The van der Waals surface area contributed by atoms with Gasteiger partial charge < -0.3 is 5.11 Å². The van der Waals surface area contributed by atoms with Gasteiger partial charge in [0.15, 0.2) is 0 Å². The lowest BCUT2D eigenvalue weighted by atomic mass is 10.0. The van der Waals surface area contributed by atoms with Gasteiger partial charge in [-0.1, -0.05) is 19.4 Å². The molecule has 0 fully saturated rings. The number of hydrogen-bond acceptors (Lipinski definition) is 3. The minimum atomic E-state index is 0.227. The minimum absolute atomic E-state index is 0.227. The van der Waals surface area contributed by atoms with Crippen molar-refractivity contribution in [1.29, 1.82) is 0 Å². The first kappa shape index (κ1) is 11.6. The summed E-state index contributed by atoms with van der Waals surface area (Å²) in [5.41, 5.74) is 3.46. The second-order valence-electron chi connectivity index (χ2n) is 4.05. The number of hydrogen-bond donors (Lipinski definition) is 1. The molecule has 3 heteroatoms. The average Bonchev–Trinajstić information content (AvgIpc) is 2.35. The molecule has 0 saturated heterocycles. The van der Waals surface area contributed by atoms with E-state index in [4.69, 9.17) is 0 Å². The maximum Gasteiger partial charge on any atom is 0.137 e. The van der Waals surface area contributed by atoms with Crippen molar-refractivity contribution >= 4 is 0 Å². The summed E-state index contributed by atoms with van der Waals surface area (Å²) in [5.74, 6) is 0.227. The average molecular weight is 228 g/mol. The number of rotatable bonds is 3. The fourth-order valence-corrected chi connectivity index (χ4v) is 1.82. The molecule has 3 nitrogen and oxygen atoms in total. The highest BCUT2D eigenvalue weighted by Crippen LogP contribution is 2.27. The van der Waals surface area contributed by atoms with Crippen LogP contribution >= 0.6 is 0 Å². The molecule has 88 valence electrons. The van der Waals surface area contributed by atoms with Crippen molar-refractivity contribution in [2.75, 3.05) is 0 Å². The van der Waals surface area contributed by atoms with Gasteiger partial charge in [-0.2, -0.15) is 0 Å². The summed E-state index contributed by atoms with van der Waals surface area (Å²) in [5, 5.41) is 9.76. The Labute approximate surface area is 101 Å². The zero-order chi connectivity index (χ0) is 12.3. The summed E-state index contributed by atoms with van der Waals surface area (Å²) >= 11 is 0. The lowest BCUT2D eigenvalue weighted by Gasteiger charge is -2.09. The van der Waals surface area contributed by atoms with Gasteiger partial charge in [0.1, 0.15) is 5.75 Å². The molecular formula is C14H16N2O. The molecule has 2 heterocycles. The van der Waals surface area contributed by atoms with Crippen LogP contribution in [0.5, 0.6) is 5.75 Å². The SMILES string of the molecule is CCCc1nc(C)c(O)cc1-c1ccccn1. The number of aromatic hydroxyl groups is 1. The van der Waals surface area contributed by atoms with Crippen LogP contribution in [-0.4, -0.2) is 15.1 Å². The molecule has 0 saturated carbocycles. The Hall–Kier alpha value is -1.90. The third kappa shape index (κ3) is 2.44. The molecule has 0 aromatic carbocycles. The van der Waals surface area contributed by atoms with E-state index in [2.05, 4.69) is 16.9 Å². The van der Waals surface area contributed by atoms with E-state index >= 15 is 0 Å². The molecule has 2 rings (SSSR count). The highest BCUT2D eigenvalue weighted by atomic mass is 16.3. The van der Waals surface area contributed by atoms with Crippen molar-refractivity contribution in [2.45, 2.75) is 26.7 Å². The maximum atomic E-state index is 9.76. The Morgan fingerprint density at radius 2 is 2.12 bits per heavy atom. The van der Waals surface area contributed by atoms with Gasteiger partial charge in [0.2, 0.25) is 0 Å². The lowest BCUT2D eigenvalue weighted by Crippen LogP contribution is -1.97. The normalized spacial score (nSPS) is 10.5. The molecule has 2 aromatic heterocycles. The van der Waals surface area contributed by atoms with E-state index in [-0.39, 0.29) is 5.75 Å². The Morgan fingerprint density at radius 1 is 1.29 bits per heavy atom. The third-order valence-corrected chi connectivity index (χ3v) is 2.69. The van der Waals surface area contributed by atoms with E-state index in [1.54, 1.807) is 12.3 Å². The van der Waals surface area contributed by atoms with Crippen molar-refractivity contribution in [2.24, 2.45) is 0 Å². The Morgan fingerprint density at radius 3 is 2.76 bits per heavy atom. The van der Waals surface area contributed by atoms with Crippen molar-refractivity contribution in [3.63, 3.8) is 0 Å². The molecule has 0 amide bonds. The number of aryl methyl sites for hydroxylation is 2. The van der Waals surface area contributed by atoms with Gasteiger partial charge in [-0.3, -0.25) is 9.97 Å². The predicted molar refractivity (Wildman–Crippen MR) is 67.9 cm³/mol. The van der Waals surface area contributed by atoms with Crippen LogP contribution in [0.15, 0.2) is 30.5 Å². The van der Waals surface area contributed by atoms with Crippen LogP contribution < -0.4 is 0 Å². The molecule has 0 radical (unpaired) electrons. The van der Waals surface area contributed by atoms with Gasteiger partial charge in [-0.05, 0) is 31.5 Å². The summed E-state index contributed by atoms with van der Waals surface area (Å²) in [4.78, 5) is 8.76. The van der Waals surface area contributed by atoms with Crippen LogP contribution in [-0.2, 0) is 6.42 Å². The second kappa shape index (κ2) is 4.95. The van der Waals surface area contributed by atoms with E-state index in [0.29, 0.717) is 5.69 Å². The van der Waals surface area contributed by atoms with E-state index in [1.807, 2.05) is 25.1 Å². The minimum Gasteiger partial charge on any atom is -0.506 e. The van der Waals surface area contributed by atoms with E-state index in [1.165, 1.54) is 0 Å². The number of nitrogens with zero attached hydrogens (tertiary/aromatic N) is 2. The van der Waals surface area contributed by atoms with Crippen LogP contribution in [0.25, 0.3) is 11.3 Å². The first-order valence-corrected chi connectivity index (χ1v) is 5.83. The Bertz CT molecular complexity index is 509. The van der Waals surface area contributed by atoms with Gasteiger partial charge in [0, 0.05) is 11.8 Å². The van der Waals surface area contributed by atoms with Gasteiger partial charge >= 0.3 is 0 Å². The summed E-state index contributed by atoms with van der Waals surface area (Å²) < 4.78 is 0. The molecule has 17 heavy (non-hydrogen) atoms. The van der Waals surface area contributed by atoms with Crippen LogP contribution in [0.1, 0.15) is 24.7 Å². The predicted octanol–water partition coefficient (Wildman–Crippen LogP) is 3.11. The molecule has 0 bridgehead atoms. The molecule has 0 aliphatic rings. The topological polar surface area (TPSA) is 46.0 Å².